The van der Waals surface area contributed by atoms with E-state index in [1.807, 2.05) is 6.92 Å². The minimum atomic E-state index is -4.22. The van der Waals surface area contributed by atoms with Crippen LogP contribution in [-0.2, 0) is 10.0 Å². The first-order chi connectivity index (χ1) is 21.0. The maximum absolute atomic E-state index is 15.3. The van der Waals surface area contributed by atoms with E-state index in [1.165, 1.54) is 23.5 Å². The molecular formula is C30H25ClF3N5O3S2. The number of carbonyl (C=O) groups excluding carboxylic acids is 1. The van der Waals surface area contributed by atoms with Crippen molar-refractivity contribution < 1.29 is 26.4 Å². The predicted molar refractivity (Wildman–Crippen MR) is 163 cm³/mol. The Kier molecular flexibility index (Phi) is 8.12. The van der Waals surface area contributed by atoms with E-state index in [1.54, 1.807) is 23.6 Å². The average molecular weight is 660 g/mol. The Hall–Kier alpha value is -3.94. The third-order valence-corrected chi connectivity index (χ3v) is 10.3. The Labute approximate surface area is 260 Å². The lowest BCUT2D eigenvalue weighted by atomic mass is 9.90. The zero-order chi connectivity index (χ0) is 31.2. The first-order valence-electron chi connectivity index (χ1n) is 13.7. The second-order valence-electron chi connectivity index (χ2n) is 10.6. The number of nitrogens with one attached hydrogen (secondary N) is 2. The summed E-state index contributed by atoms with van der Waals surface area (Å²) in [6.45, 7) is 1.81. The zero-order valence-corrected chi connectivity index (χ0v) is 25.5. The molecule has 14 heteroatoms. The van der Waals surface area contributed by atoms with E-state index in [0.717, 1.165) is 40.8 Å². The van der Waals surface area contributed by atoms with E-state index in [-0.39, 0.29) is 51.0 Å². The molecule has 1 aliphatic carbocycles. The predicted octanol–water partition coefficient (Wildman–Crippen LogP) is 6.93. The smallest absolute Gasteiger partial charge is 0.269 e. The van der Waals surface area contributed by atoms with Gasteiger partial charge in [0, 0.05) is 40.7 Å². The maximum Gasteiger partial charge on any atom is 0.269 e. The van der Waals surface area contributed by atoms with Crippen molar-refractivity contribution in [2.24, 2.45) is 0 Å². The molecule has 1 aromatic carbocycles. The monoisotopic (exact) mass is 659 g/mol. The molecule has 1 amide bonds. The van der Waals surface area contributed by atoms with Crippen molar-refractivity contribution in [3.8, 4) is 11.3 Å². The molecule has 2 N–H and O–H groups in total. The molecule has 0 unspecified atom stereocenters. The Balaban J connectivity index is 1.32. The van der Waals surface area contributed by atoms with E-state index in [0.29, 0.717) is 28.8 Å². The molecule has 4 aromatic heterocycles. The number of aromatic nitrogens is 3. The van der Waals surface area contributed by atoms with Crippen molar-refractivity contribution in [2.45, 2.75) is 49.6 Å². The standard InChI is InChI=1S/C30H25ClF3N5O3S2/c1-16-5-7-21(8-6-16)44(41,42)39-14-23(22-10-18(32)13-35-29(22)39)27-24(33)12-25(34)28(38-27)36-19-3-2-4-20(11-19)37-30(40)17-9-26(31)43-15-17/h5-10,12-15,19-20H,2-4,11H2,1H3,(H,36,38)(H,37,40)/t19-,20+/m0/s1. The Bertz CT molecular complexity index is 2000. The molecule has 0 aliphatic heterocycles. The van der Waals surface area contributed by atoms with Crippen molar-refractivity contribution in [1.29, 1.82) is 0 Å². The number of anilines is 1. The number of nitrogens with zero attached hydrogens (tertiary/aromatic N) is 3. The van der Waals surface area contributed by atoms with E-state index < -0.39 is 27.5 Å². The third kappa shape index (κ3) is 5.91. The lowest BCUT2D eigenvalue weighted by Crippen LogP contribution is -2.41. The molecular weight excluding hydrogens is 635 g/mol. The summed E-state index contributed by atoms with van der Waals surface area (Å²) in [7, 11) is -4.22. The van der Waals surface area contributed by atoms with Gasteiger partial charge in [-0.3, -0.25) is 4.79 Å². The highest BCUT2D eigenvalue weighted by Gasteiger charge is 2.28. The fraction of sp³-hybridized carbons (Fsp3) is 0.233. The summed E-state index contributed by atoms with van der Waals surface area (Å²) in [6.07, 6.45) is 4.54. The van der Waals surface area contributed by atoms with Gasteiger partial charge in [-0.25, -0.2) is 35.5 Å². The lowest BCUT2D eigenvalue weighted by molar-refractivity contribution is 0.0927. The summed E-state index contributed by atoms with van der Waals surface area (Å²) >= 11 is 7.20. The van der Waals surface area contributed by atoms with Crippen LogP contribution in [-0.4, -0.2) is 40.3 Å². The molecule has 0 spiro atoms. The summed E-state index contributed by atoms with van der Waals surface area (Å²) in [5.74, 6) is -3.30. The molecule has 2 atom stereocenters. The van der Waals surface area contributed by atoms with Crippen molar-refractivity contribution in [1.82, 2.24) is 19.3 Å². The van der Waals surface area contributed by atoms with Gasteiger partial charge in [0.05, 0.1) is 21.0 Å². The van der Waals surface area contributed by atoms with Crippen molar-refractivity contribution in [2.75, 3.05) is 5.32 Å². The number of rotatable bonds is 7. The SMILES string of the molecule is Cc1ccc(S(=O)(=O)n2cc(-c3nc(N[C@H]4CCC[C@@H](NC(=O)c5csc(Cl)c5)C4)c(F)cc3F)c3cc(F)cnc32)cc1. The second-order valence-corrected chi connectivity index (χ2v) is 14.0. The van der Waals surface area contributed by atoms with Crippen LogP contribution in [0.25, 0.3) is 22.3 Å². The number of hydrogen-bond donors (Lipinski definition) is 2. The van der Waals surface area contributed by atoms with Crippen molar-refractivity contribution in [3.05, 3.63) is 93.2 Å². The summed E-state index contributed by atoms with van der Waals surface area (Å²) in [4.78, 5) is 20.8. The van der Waals surface area contributed by atoms with Crippen LogP contribution in [0.4, 0.5) is 19.0 Å². The molecule has 5 aromatic rings. The second kappa shape index (κ2) is 11.9. The molecule has 44 heavy (non-hydrogen) atoms. The molecule has 8 nitrogen and oxygen atoms in total. The minimum absolute atomic E-state index is 0.0152. The number of thiophene rings is 1. The largest absolute Gasteiger partial charge is 0.365 e. The van der Waals surface area contributed by atoms with Crippen LogP contribution in [0.5, 0.6) is 0 Å². The fourth-order valence-corrected chi connectivity index (χ4v) is 7.53. The van der Waals surface area contributed by atoms with Crippen LogP contribution in [0.15, 0.2) is 65.1 Å². The van der Waals surface area contributed by atoms with Gasteiger partial charge in [0.15, 0.2) is 23.1 Å². The van der Waals surface area contributed by atoms with Gasteiger partial charge in [-0.2, -0.15) is 0 Å². The van der Waals surface area contributed by atoms with Gasteiger partial charge in [-0.05, 0) is 56.9 Å². The number of carbonyl (C=O) groups is 1. The van der Waals surface area contributed by atoms with Gasteiger partial charge in [-0.1, -0.05) is 29.3 Å². The van der Waals surface area contributed by atoms with Crippen LogP contribution in [0, 0.1) is 24.4 Å². The number of hydrogen-bond acceptors (Lipinski definition) is 7. The van der Waals surface area contributed by atoms with Crippen LogP contribution in [0.2, 0.25) is 4.34 Å². The van der Waals surface area contributed by atoms with E-state index in [4.69, 9.17) is 11.6 Å². The number of halogens is 4. The first kappa shape index (κ1) is 30.1. The highest BCUT2D eigenvalue weighted by Crippen LogP contribution is 2.35. The van der Waals surface area contributed by atoms with Gasteiger partial charge in [-0.15, -0.1) is 11.3 Å². The molecule has 4 heterocycles. The van der Waals surface area contributed by atoms with E-state index >= 15 is 8.78 Å². The Morgan fingerprint density at radius 2 is 1.82 bits per heavy atom. The Morgan fingerprint density at radius 1 is 1.07 bits per heavy atom. The van der Waals surface area contributed by atoms with Crippen LogP contribution in [0.1, 0.15) is 41.6 Å². The molecule has 6 rings (SSSR count). The minimum Gasteiger partial charge on any atom is -0.365 e. The van der Waals surface area contributed by atoms with Gasteiger partial charge in [0.2, 0.25) is 0 Å². The van der Waals surface area contributed by atoms with E-state index in [9.17, 15) is 17.6 Å². The van der Waals surface area contributed by atoms with Gasteiger partial charge in [0.25, 0.3) is 15.9 Å². The van der Waals surface area contributed by atoms with Crippen LogP contribution >= 0.6 is 22.9 Å². The van der Waals surface area contributed by atoms with Gasteiger partial charge >= 0.3 is 0 Å². The summed E-state index contributed by atoms with van der Waals surface area (Å²) < 4.78 is 73.2. The zero-order valence-electron chi connectivity index (χ0n) is 23.2. The number of benzene rings is 1. The van der Waals surface area contributed by atoms with E-state index in [2.05, 4.69) is 20.6 Å². The highest BCUT2D eigenvalue weighted by molar-refractivity contribution is 7.90. The lowest BCUT2D eigenvalue weighted by Gasteiger charge is -2.30. The number of pyridine rings is 2. The van der Waals surface area contributed by atoms with Crippen LogP contribution < -0.4 is 10.6 Å². The third-order valence-electron chi connectivity index (χ3n) is 7.52. The molecule has 228 valence electrons. The molecule has 0 bridgehead atoms. The molecule has 1 aliphatic rings. The molecule has 1 saturated carbocycles. The van der Waals surface area contributed by atoms with Crippen LogP contribution in [0.3, 0.4) is 0 Å². The summed E-state index contributed by atoms with van der Waals surface area (Å²) in [5, 5.41) is 7.65. The number of fused-ring (bicyclic) bond motifs is 1. The molecule has 1 fully saturated rings. The average Bonchev–Trinajstić information content (AvgIpc) is 3.59. The topological polar surface area (TPSA) is 106 Å². The summed E-state index contributed by atoms with van der Waals surface area (Å²) in [6, 6.07) is 8.88. The summed E-state index contributed by atoms with van der Waals surface area (Å²) in [5.41, 5.74) is 0.713. The van der Waals surface area contributed by atoms with Crippen molar-refractivity contribution >= 4 is 55.7 Å². The highest BCUT2D eigenvalue weighted by atomic mass is 35.5. The normalized spacial score (nSPS) is 17.1. The fourth-order valence-electron chi connectivity index (χ4n) is 5.35. The Morgan fingerprint density at radius 3 is 2.55 bits per heavy atom. The van der Waals surface area contributed by atoms with Gasteiger partial charge in [0.1, 0.15) is 11.5 Å². The molecule has 0 radical (unpaired) electrons. The maximum atomic E-state index is 15.3. The first-order valence-corrected chi connectivity index (χ1v) is 16.4. The van der Waals surface area contributed by atoms with Gasteiger partial charge < -0.3 is 10.6 Å². The molecule has 0 saturated heterocycles. The van der Waals surface area contributed by atoms with Crippen molar-refractivity contribution in [3.63, 3.8) is 0 Å². The number of aryl methyl sites for hydroxylation is 1. The number of amides is 1. The quantitative estimate of drug-likeness (QED) is 0.196.